The molecule has 0 aromatic heterocycles. The standard InChI is InChI=1S/C17H32N2O2/c1-4-18-17(16(20)21-3)10-5-8-15(17)9-12-19-11-6-7-14(2)13-19/h14-15,18H,4-13H2,1-3H3. The van der Waals surface area contributed by atoms with Crippen molar-refractivity contribution in [2.45, 2.75) is 57.9 Å². The highest BCUT2D eigenvalue weighted by Crippen LogP contribution is 2.39. The molecule has 3 atom stereocenters. The minimum absolute atomic E-state index is 0.0566. The number of hydrogen-bond acceptors (Lipinski definition) is 4. The van der Waals surface area contributed by atoms with Gasteiger partial charge in [0.15, 0.2) is 0 Å². The zero-order chi connectivity index (χ0) is 15.3. The van der Waals surface area contributed by atoms with Crippen molar-refractivity contribution in [3.8, 4) is 0 Å². The predicted octanol–water partition coefficient (Wildman–Crippen LogP) is 2.43. The third-order valence-electron chi connectivity index (χ3n) is 5.40. The van der Waals surface area contributed by atoms with Gasteiger partial charge in [-0.1, -0.05) is 20.3 Å². The van der Waals surface area contributed by atoms with Crippen LogP contribution < -0.4 is 5.32 Å². The molecule has 0 radical (unpaired) electrons. The second-order valence-electron chi connectivity index (χ2n) is 6.92. The molecule has 1 aliphatic carbocycles. The van der Waals surface area contributed by atoms with Crippen molar-refractivity contribution in [2.75, 3.05) is 33.3 Å². The molecule has 0 amide bonds. The van der Waals surface area contributed by atoms with E-state index in [1.807, 2.05) is 0 Å². The van der Waals surface area contributed by atoms with Gasteiger partial charge in [0.1, 0.15) is 5.54 Å². The molecule has 1 N–H and O–H groups in total. The summed E-state index contributed by atoms with van der Waals surface area (Å²) in [7, 11) is 1.52. The summed E-state index contributed by atoms with van der Waals surface area (Å²) in [5, 5.41) is 3.46. The second-order valence-corrected chi connectivity index (χ2v) is 6.92. The van der Waals surface area contributed by atoms with E-state index in [4.69, 9.17) is 4.74 Å². The Morgan fingerprint density at radius 2 is 2.19 bits per heavy atom. The molecule has 0 spiro atoms. The predicted molar refractivity (Wildman–Crippen MR) is 85.2 cm³/mol. The molecule has 1 saturated heterocycles. The molecular weight excluding hydrogens is 264 g/mol. The van der Waals surface area contributed by atoms with Crippen LogP contribution in [0.2, 0.25) is 0 Å². The van der Waals surface area contributed by atoms with Crippen LogP contribution in [0.25, 0.3) is 0 Å². The fourth-order valence-electron chi connectivity index (χ4n) is 4.37. The highest BCUT2D eigenvalue weighted by Gasteiger charge is 2.49. The molecule has 1 heterocycles. The second kappa shape index (κ2) is 7.59. The van der Waals surface area contributed by atoms with Crippen molar-refractivity contribution < 1.29 is 9.53 Å². The highest BCUT2D eigenvalue weighted by atomic mass is 16.5. The summed E-state index contributed by atoms with van der Waals surface area (Å²) in [5.41, 5.74) is -0.426. The average molecular weight is 296 g/mol. The maximum absolute atomic E-state index is 12.3. The Hall–Kier alpha value is -0.610. The van der Waals surface area contributed by atoms with Crippen LogP contribution >= 0.6 is 0 Å². The minimum atomic E-state index is -0.426. The lowest BCUT2D eigenvalue weighted by Gasteiger charge is -2.36. The number of nitrogens with one attached hydrogen (secondary N) is 1. The summed E-state index contributed by atoms with van der Waals surface area (Å²) >= 11 is 0. The number of esters is 1. The van der Waals surface area contributed by atoms with Crippen LogP contribution in [-0.4, -0.2) is 49.7 Å². The molecule has 3 unspecified atom stereocenters. The third-order valence-corrected chi connectivity index (χ3v) is 5.40. The Bertz CT molecular complexity index is 348. The van der Waals surface area contributed by atoms with Crippen LogP contribution in [0, 0.1) is 11.8 Å². The topological polar surface area (TPSA) is 41.6 Å². The van der Waals surface area contributed by atoms with Gasteiger partial charge < -0.3 is 15.0 Å². The lowest BCUT2D eigenvalue weighted by molar-refractivity contribution is -0.150. The SMILES string of the molecule is CCNC1(C(=O)OC)CCCC1CCN1CCCC(C)C1. The van der Waals surface area contributed by atoms with Gasteiger partial charge in [-0.2, -0.15) is 0 Å². The Morgan fingerprint density at radius 1 is 1.38 bits per heavy atom. The Labute approximate surface area is 129 Å². The van der Waals surface area contributed by atoms with E-state index in [1.165, 1.54) is 33.0 Å². The van der Waals surface area contributed by atoms with E-state index in [9.17, 15) is 4.79 Å². The van der Waals surface area contributed by atoms with Gasteiger partial charge in [-0.25, -0.2) is 0 Å². The molecular formula is C17H32N2O2. The molecule has 4 heteroatoms. The fourth-order valence-corrected chi connectivity index (χ4v) is 4.37. The number of likely N-dealkylation sites (tertiary alicyclic amines) is 1. The monoisotopic (exact) mass is 296 g/mol. The quantitative estimate of drug-likeness (QED) is 0.764. The number of likely N-dealkylation sites (N-methyl/N-ethyl adjacent to an activating group) is 1. The van der Waals surface area contributed by atoms with Crippen molar-refractivity contribution in [3.63, 3.8) is 0 Å². The highest BCUT2D eigenvalue weighted by molar-refractivity contribution is 5.81. The number of rotatable bonds is 6. The third kappa shape index (κ3) is 3.78. The molecule has 1 aliphatic heterocycles. The largest absolute Gasteiger partial charge is 0.468 e. The van der Waals surface area contributed by atoms with E-state index in [0.717, 1.165) is 44.7 Å². The summed E-state index contributed by atoms with van der Waals surface area (Å²) in [5.74, 6) is 1.18. The average Bonchev–Trinajstić information content (AvgIpc) is 2.89. The molecule has 21 heavy (non-hydrogen) atoms. The van der Waals surface area contributed by atoms with Crippen LogP contribution in [0.1, 0.15) is 52.4 Å². The number of nitrogens with zero attached hydrogens (tertiary/aromatic N) is 1. The van der Waals surface area contributed by atoms with Gasteiger partial charge in [0.2, 0.25) is 0 Å². The van der Waals surface area contributed by atoms with Gasteiger partial charge in [-0.15, -0.1) is 0 Å². The van der Waals surface area contributed by atoms with Gasteiger partial charge in [-0.3, -0.25) is 4.79 Å². The van der Waals surface area contributed by atoms with Gasteiger partial charge in [0.05, 0.1) is 7.11 Å². The van der Waals surface area contributed by atoms with E-state index in [0.29, 0.717) is 5.92 Å². The first-order chi connectivity index (χ1) is 10.1. The fraction of sp³-hybridized carbons (Fsp3) is 0.941. The lowest BCUT2D eigenvalue weighted by Crippen LogP contribution is -2.55. The summed E-state index contributed by atoms with van der Waals surface area (Å²) in [6.45, 7) is 8.82. The number of methoxy groups -OCH3 is 1. The van der Waals surface area contributed by atoms with E-state index >= 15 is 0 Å². The number of carbonyl (C=O) groups is 1. The van der Waals surface area contributed by atoms with Crippen molar-refractivity contribution in [3.05, 3.63) is 0 Å². The van der Waals surface area contributed by atoms with E-state index in [-0.39, 0.29) is 5.97 Å². The normalized spacial score (nSPS) is 34.0. The van der Waals surface area contributed by atoms with Gasteiger partial charge in [0.25, 0.3) is 0 Å². The lowest BCUT2D eigenvalue weighted by atomic mass is 9.84. The van der Waals surface area contributed by atoms with Crippen LogP contribution in [0.5, 0.6) is 0 Å². The first-order valence-electron chi connectivity index (χ1n) is 8.68. The minimum Gasteiger partial charge on any atom is -0.468 e. The number of hydrogen-bond donors (Lipinski definition) is 1. The molecule has 4 nitrogen and oxygen atoms in total. The molecule has 0 aromatic carbocycles. The first kappa shape index (κ1) is 16.8. The van der Waals surface area contributed by atoms with Gasteiger partial charge in [0, 0.05) is 6.54 Å². The van der Waals surface area contributed by atoms with Crippen molar-refractivity contribution in [2.24, 2.45) is 11.8 Å². The smallest absolute Gasteiger partial charge is 0.326 e. The zero-order valence-corrected chi connectivity index (χ0v) is 14.0. The number of ether oxygens (including phenoxy) is 1. The molecule has 0 bridgehead atoms. The van der Waals surface area contributed by atoms with Crippen LogP contribution in [0.3, 0.4) is 0 Å². The van der Waals surface area contributed by atoms with E-state index < -0.39 is 5.54 Å². The summed E-state index contributed by atoms with van der Waals surface area (Å²) in [6.07, 6.45) is 6.99. The van der Waals surface area contributed by atoms with Crippen LogP contribution in [0.4, 0.5) is 0 Å². The molecule has 122 valence electrons. The van der Waals surface area contributed by atoms with Gasteiger partial charge >= 0.3 is 5.97 Å². The Balaban J connectivity index is 1.95. The molecule has 0 aromatic rings. The summed E-state index contributed by atoms with van der Waals surface area (Å²) < 4.78 is 5.11. The molecule has 2 rings (SSSR count). The maximum Gasteiger partial charge on any atom is 0.326 e. The van der Waals surface area contributed by atoms with Gasteiger partial charge in [-0.05, 0) is 63.6 Å². The van der Waals surface area contributed by atoms with Crippen molar-refractivity contribution >= 4 is 5.97 Å². The van der Waals surface area contributed by atoms with E-state index in [2.05, 4.69) is 24.1 Å². The zero-order valence-electron chi connectivity index (χ0n) is 14.0. The van der Waals surface area contributed by atoms with Crippen molar-refractivity contribution in [1.82, 2.24) is 10.2 Å². The summed E-state index contributed by atoms with van der Waals surface area (Å²) in [4.78, 5) is 14.9. The number of piperidine rings is 1. The van der Waals surface area contributed by atoms with Crippen LogP contribution in [0.15, 0.2) is 0 Å². The Morgan fingerprint density at radius 3 is 2.86 bits per heavy atom. The molecule has 2 aliphatic rings. The Kier molecular flexibility index (Phi) is 6.06. The number of carbonyl (C=O) groups excluding carboxylic acids is 1. The van der Waals surface area contributed by atoms with E-state index in [1.54, 1.807) is 0 Å². The molecule has 2 fully saturated rings. The summed E-state index contributed by atoms with van der Waals surface area (Å²) in [6, 6.07) is 0. The maximum atomic E-state index is 12.3. The first-order valence-corrected chi connectivity index (χ1v) is 8.68. The van der Waals surface area contributed by atoms with Crippen LogP contribution in [-0.2, 0) is 9.53 Å². The molecule has 1 saturated carbocycles. The van der Waals surface area contributed by atoms with Crippen molar-refractivity contribution in [1.29, 1.82) is 0 Å².